The van der Waals surface area contributed by atoms with Gasteiger partial charge in [0.25, 0.3) is 0 Å². The lowest BCUT2D eigenvalue weighted by Gasteiger charge is -2.46. The van der Waals surface area contributed by atoms with Crippen molar-refractivity contribution < 1.29 is 28.9 Å². The van der Waals surface area contributed by atoms with E-state index in [1.807, 2.05) is 22.6 Å². The molecule has 116 valence electrons. The van der Waals surface area contributed by atoms with Gasteiger partial charge in [0.1, 0.15) is 9.53 Å². The minimum atomic E-state index is -1.36. The molecule has 0 aromatic rings. The molecule has 0 spiro atoms. The highest BCUT2D eigenvalue weighted by Crippen LogP contribution is 2.37. The Morgan fingerprint density at radius 2 is 1.90 bits per heavy atom. The van der Waals surface area contributed by atoms with Crippen LogP contribution in [0.5, 0.6) is 0 Å². The minimum absolute atomic E-state index is 0.295. The molecule has 0 aromatic heterocycles. The van der Waals surface area contributed by atoms with Gasteiger partial charge in [-0.25, -0.2) is 0 Å². The van der Waals surface area contributed by atoms with Gasteiger partial charge in [-0.15, -0.1) is 0 Å². The number of carbonyl (C=O) groups excluding carboxylic acids is 2. The van der Waals surface area contributed by atoms with Crippen LogP contribution in [0.2, 0.25) is 0 Å². The molecule has 0 bridgehead atoms. The number of alkyl halides is 1. The fourth-order valence-corrected chi connectivity index (χ4v) is 2.66. The molecule has 0 unspecified atom stereocenters. The Morgan fingerprint density at radius 3 is 2.35 bits per heavy atom. The third-order valence-corrected chi connectivity index (χ3v) is 4.99. The van der Waals surface area contributed by atoms with Crippen LogP contribution in [-0.2, 0) is 23.8 Å². The van der Waals surface area contributed by atoms with E-state index >= 15 is 0 Å². The first-order valence-corrected chi connectivity index (χ1v) is 7.71. The van der Waals surface area contributed by atoms with E-state index in [-0.39, 0.29) is 5.92 Å². The van der Waals surface area contributed by atoms with Gasteiger partial charge >= 0.3 is 11.9 Å². The summed E-state index contributed by atoms with van der Waals surface area (Å²) in [5.74, 6) is -1.19. The molecule has 1 aliphatic rings. The highest BCUT2D eigenvalue weighted by Gasteiger charge is 2.54. The summed E-state index contributed by atoms with van der Waals surface area (Å²) in [5.41, 5.74) is -1.36. The van der Waals surface area contributed by atoms with E-state index in [4.69, 9.17) is 14.2 Å². The van der Waals surface area contributed by atoms with Crippen molar-refractivity contribution in [2.75, 3.05) is 0 Å². The molecule has 7 heteroatoms. The molecular weight excluding hydrogens is 379 g/mol. The predicted molar refractivity (Wildman–Crippen MR) is 79.3 cm³/mol. The second kappa shape index (κ2) is 6.57. The van der Waals surface area contributed by atoms with Crippen LogP contribution in [0, 0.1) is 5.92 Å². The quantitative estimate of drug-likeness (QED) is 0.439. The average molecular weight is 400 g/mol. The molecular formula is C13H21IO6. The molecule has 1 heterocycles. The number of hydrogen-bond donors (Lipinski definition) is 1. The van der Waals surface area contributed by atoms with Gasteiger partial charge in [-0.2, -0.15) is 0 Å². The lowest BCUT2D eigenvalue weighted by Crippen LogP contribution is -2.64. The van der Waals surface area contributed by atoms with Crippen LogP contribution in [-0.4, -0.2) is 45.1 Å². The van der Waals surface area contributed by atoms with Crippen LogP contribution >= 0.6 is 22.6 Å². The molecule has 1 fully saturated rings. The number of esters is 2. The zero-order chi connectivity index (χ0) is 15.7. The first-order valence-electron chi connectivity index (χ1n) is 6.47. The Balaban J connectivity index is 2.89. The number of carbonyl (C=O) groups is 2. The van der Waals surface area contributed by atoms with Crippen molar-refractivity contribution in [2.45, 2.75) is 62.6 Å². The first kappa shape index (κ1) is 17.6. The maximum Gasteiger partial charge on any atom is 0.308 e. The zero-order valence-corrected chi connectivity index (χ0v) is 14.4. The summed E-state index contributed by atoms with van der Waals surface area (Å²) in [4.78, 5) is 22.8. The van der Waals surface area contributed by atoms with E-state index in [0.29, 0.717) is 0 Å². The first-order chi connectivity index (χ1) is 9.07. The molecule has 0 saturated carbocycles. The predicted octanol–water partition coefficient (Wildman–Crippen LogP) is 1.42. The van der Waals surface area contributed by atoms with Crippen molar-refractivity contribution in [3.8, 4) is 0 Å². The van der Waals surface area contributed by atoms with Crippen molar-refractivity contribution in [1.82, 2.24) is 0 Å². The molecule has 0 aromatic carbocycles. The van der Waals surface area contributed by atoms with Crippen molar-refractivity contribution in [3.05, 3.63) is 0 Å². The van der Waals surface area contributed by atoms with Gasteiger partial charge in [0.15, 0.2) is 6.10 Å². The van der Waals surface area contributed by atoms with Crippen molar-refractivity contribution in [3.63, 3.8) is 0 Å². The third-order valence-electron chi connectivity index (χ3n) is 3.15. The summed E-state index contributed by atoms with van der Waals surface area (Å²) in [6.07, 6.45) is -2.26. The van der Waals surface area contributed by atoms with Crippen molar-refractivity contribution in [1.29, 1.82) is 0 Å². The molecule has 6 nitrogen and oxygen atoms in total. The van der Waals surface area contributed by atoms with Gasteiger partial charge in [0, 0.05) is 6.92 Å². The van der Waals surface area contributed by atoms with Crippen LogP contribution in [0.25, 0.3) is 0 Å². The molecule has 1 rings (SSSR count). The van der Waals surface area contributed by atoms with E-state index in [2.05, 4.69) is 0 Å². The van der Waals surface area contributed by atoms with Gasteiger partial charge in [-0.3, -0.25) is 9.59 Å². The molecule has 0 aliphatic carbocycles. The van der Waals surface area contributed by atoms with Crippen LogP contribution in [0.1, 0.15) is 34.6 Å². The van der Waals surface area contributed by atoms with E-state index in [1.165, 1.54) is 6.92 Å². The Bertz CT molecular complexity index is 381. The summed E-state index contributed by atoms with van der Waals surface area (Å²) < 4.78 is 15.4. The topological polar surface area (TPSA) is 82.1 Å². The van der Waals surface area contributed by atoms with Gasteiger partial charge in [0.2, 0.25) is 6.29 Å². The van der Waals surface area contributed by atoms with E-state index in [0.717, 1.165) is 0 Å². The average Bonchev–Trinajstić information content (AvgIpc) is 2.30. The second-order valence-electron chi connectivity index (χ2n) is 5.46. The van der Waals surface area contributed by atoms with Crippen LogP contribution in [0.3, 0.4) is 0 Å². The Labute approximate surface area is 132 Å². The zero-order valence-electron chi connectivity index (χ0n) is 12.3. The summed E-state index contributed by atoms with van der Waals surface area (Å²) in [7, 11) is 0. The number of hydrogen-bond acceptors (Lipinski definition) is 6. The van der Waals surface area contributed by atoms with Gasteiger partial charge in [0.05, 0.1) is 12.0 Å². The molecule has 20 heavy (non-hydrogen) atoms. The fraction of sp³-hybridized carbons (Fsp3) is 0.846. The summed E-state index contributed by atoms with van der Waals surface area (Å²) >= 11 is 1.94. The maximum atomic E-state index is 11.7. The second-order valence-corrected chi connectivity index (χ2v) is 6.80. The van der Waals surface area contributed by atoms with Crippen molar-refractivity contribution in [2.24, 2.45) is 5.92 Å². The summed E-state index contributed by atoms with van der Waals surface area (Å²) in [6, 6.07) is 0. The van der Waals surface area contributed by atoms with Crippen LogP contribution in [0.15, 0.2) is 0 Å². The monoisotopic (exact) mass is 400 g/mol. The van der Waals surface area contributed by atoms with Gasteiger partial charge in [-0.1, -0.05) is 36.4 Å². The minimum Gasteiger partial charge on any atom is -0.456 e. The smallest absolute Gasteiger partial charge is 0.308 e. The number of aliphatic hydroxyl groups is 1. The normalized spacial score (nSPS) is 37.6. The molecule has 1 N–H and O–H groups in total. The highest BCUT2D eigenvalue weighted by molar-refractivity contribution is 14.1. The van der Waals surface area contributed by atoms with E-state index in [1.54, 1.807) is 27.7 Å². The van der Waals surface area contributed by atoms with Crippen LogP contribution in [0.4, 0.5) is 0 Å². The van der Waals surface area contributed by atoms with Gasteiger partial charge < -0.3 is 19.3 Å². The van der Waals surface area contributed by atoms with Crippen molar-refractivity contribution >= 4 is 34.5 Å². The van der Waals surface area contributed by atoms with Gasteiger partial charge in [-0.05, 0) is 13.8 Å². The van der Waals surface area contributed by atoms with E-state index < -0.39 is 40.0 Å². The van der Waals surface area contributed by atoms with Crippen LogP contribution < -0.4 is 0 Å². The molecule has 1 saturated heterocycles. The number of ether oxygens (including phenoxy) is 3. The molecule has 5 atom stereocenters. The summed E-state index contributed by atoms with van der Waals surface area (Å²) in [5, 5.41) is 10.6. The molecule has 0 radical (unpaired) electrons. The lowest BCUT2D eigenvalue weighted by molar-refractivity contribution is -0.263. The summed E-state index contributed by atoms with van der Waals surface area (Å²) in [6.45, 7) is 7.93. The fourth-order valence-electron chi connectivity index (χ4n) is 1.99. The Morgan fingerprint density at radius 1 is 1.35 bits per heavy atom. The maximum absolute atomic E-state index is 11.7. The Hall–Kier alpha value is -0.410. The Kier molecular flexibility index (Phi) is 5.79. The molecule has 0 amide bonds. The third kappa shape index (κ3) is 3.82. The lowest BCUT2D eigenvalue weighted by atomic mass is 9.88. The SMILES string of the molecule is CC(=O)O[C@@H]1O[C@@H](C)[C@H](OC(=O)C(C)C)[C@@](C)(O)[C@H]1I. The largest absolute Gasteiger partial charge is 0.456 e. The van der Waals surface area contributed by atoms with E-state index in [9.17, 15) is 14.7 Å². The molecule has 1 aliphatic heterocycles. The standard InChI is InChI=1S/C13H21IO6/c1-6(2)11(16)20-10-7(3)18-12(19-8(4)15)9(14)13(10,5)17/h6-7,9-10,12,17H,1-5H3/t7-,9-,10-,12-,13-/m0/s1. The number of rotatable bonds is 3. The highest BCUT2D eigenvalue weighted by atomic mass is 127. The number of halogens is 1.